The topological polar surface area (TPSA) is 59.2 Å². The molecule has 1 aliphatic heterocycles. The Morgan fingerprint density at radius 2 is 2.24 bits per heavy atom. The molecular weight excluding hydrogens is 256 g/mol. The second-order valence-corrected chi connectivity index (χ2v) is 6.99. The molecule has 0 bridgehead atoms. The van der Waals surface area contributed by atoms with Crippen LogP contribution in [0.1, 0.15) is 42.1 Å². The highest BCUT2D eigenvalue weighted by Crippen LogP contribution is 2.38. The molecule has 1 saturated heterocycles. The van der Waals surface area contributed by atoms with Crippen molar-refractivity contribution in [3.63, 3.8) is 0 Å². The van der Waals surface area contributed by atoms with Gasteiger partial charge in [0.2, 0.25) is 5.89 Å². The fourth-order valence-electron chi connectivity index (χ4n) is 2.39. The Balaban J connectivity index is 1.73. The van der Waals surface area contributed by atoms with Gasteiger partial charge >= 0.3 is 0 Å². The van der Waals surface area contributed by atoms with Crippen LogP contribution in [-0.2, 0) is 0 Å². The Kier molecular flexibility index (Phi) is 3.63. The van der Waals surface area contributed by atoms with Crippen molar-refractivity contribution in [2.45, 2.75) is 36.5 Å². The molecule has 3 unspecified atom stereocenters. The third kappa shape index (κ3) is 2.48. The molecule has 94 valence electrons. The zero-order valence-electron chi connectivity index (χ0n) is 9.54. The average molecular weight is 272 g/mol. The van der Waals surface area contributed by atoms with Crippen LogP contribution in [0.5, 0.6) is 0 Å². The summed E-state index contributed by atoms with van der Waals surface area (Å²) in [5, 5.41) is 14.3. The van der Waals surface area contributed by atoms with Crippen molar-refractivity contribution in [3.05, 3.63) is 11.7 Å². The summed E-state index contributed by atoms with van der Waals surface area (Å²) >= 11 is 3.85. The van der Waals surface area contributed by atoms with Crippen LogP contribution in [0.2, 0.25) is 0 Å². The molecule has 2 fully saturated rings. The maximum absolute atomic E-state index is 9.82. The maximum Gasteiger partial charge on any atom is 0.232 e. The lowest BCUT2D eigenvalue weighted by atomic mass is 10.1. The first-order valence-corrected chi connectivity index (χ1v) is 8.26. The molecule has 2 heterocycles. The molecule has 3 atom stereocenters. The normalized spacial score (nSPS) is 34.1. The predicted molar refractivity (Wildman–Crippen MR) is 69.4 cm³/mol. The summed E-state index contributed by atoms with van der Waals surface area (Å²) in [6.45, 7) is 0. The summed E-state index contributed by atoms with van der Waals surface area (Å²) in [5.41, 5.74) is 0. The van der Waals surface area contributed by atoms with Crippen molar-refractivity contribution in [1.82, 2.24) is 10.1 Å². The quantitative estimate of drug-likeness (QED) is 0.891. The highest BCUT2D eigenvalue weighted by atomic mass is 32.2. The zero-order chi connectivity index (χ0) is 11.7. The van der Waals surface area contributed by atoms with Gasteiger partial charge in [0, 0.05) is 17.3 Å². The van der Waals surface area contributed by atoms with E-state index in [1.165, 1.54) is 5.75 Å². The van der Waals surface area contributed by atoms with Gasteiger partial charge in [-0.3, -0.25) is 0 Å². The van der Waals surface area contributed by atoms with E-state index < -0.39 is 0 Å². The van der Waals surface area contributed by atoms with Gasteiger partial charge in [-0.2, -0.15) is 16.7 Å². The van der Waals surface area contributed by atoms with Crippen LogP contribution >= 0.6 is 23.5 Å². The van der Waals surface area contributed by atoms with Crippen molar-refractivity contribution in [1.29, 1.82) is 0 Å². The second-order valence-electron chi connectivity index (χ2n) is 4.53. The van der Waals surface area contributed by atoms with Crippen LogP contribution in [0.15, 0.2) is 4.52 Å². The number of hydrogen-bond acceptors (Lipinski definition) is 6. The minimum absolute atomic E-state index is 0.0671. The third-order valence-electron chi connectivity index (χ3n) is 3.36. The first-order valence-electron chi connectivity index (χ1n) is 6.05. The van der Waals surface area contributed by atoms with Gasteiger partial charge in [0.05, 0.1) is 17.3 Å². The number of thioether (sulfide) groups is 2. The van der Waals surface area contributed by atoms with Crippen LogP contribution < -0.4 is 0 Å². The SMILES string of the molecule is OC1CCCC1c1nc(C2CSCCS2)no1. The number of hydrogen-bond donors (Lipinski definition) is 1. The highest BCUT2D eigenvalue weighted by molar-refractivity contribution is 8.06. The molecule has 0 spiro atoms. The van der Waals surface area contributed by atoms with Gasteiger partial charge in [-0.05, 0) is 19.3 Å². The van der Waals surface area contributed by atoms with E-state index >= 15 is 0 Å². The number of aliphatic hydroxyl groups is 1. The molecular formula is C11H16N2O2S2. The maximum atomic E-state index is 9.82. The Morgan fingerprint density at radius 1 is 1.29 bits per heavy atom. The van der Waals surface area contributed by atoms with Crippen LogP contribution in [0.4, 0.5) is 0 Å². The molecule has 1 aliphatic carbocycles. The molecule has 1 aromatic heterocycles. The standard InChI is InChI=1S/C11H16N2O2S2/c14-8-3-1-2-7(8)11-12-10(13-15-11)9-6-16-4-5-17-9/h7-9,14H,1-6H2. The molecule has 0 aromatic carbocycles. The van der Waals surface area contributed by atoms with E-state index in [4.69, 9.17) is 4.52 Å². The van der Waals surface area contributed by atoms with E-state index in [1.807, 2.05) is 23.5 Å². The minimum Gasteiger partial charge on any atom is -0.392 e. The largest absolute Gasteiger partial charge is 0.392 e. The lowest BCUT2D eigenvalue weighted by Crippen LogP contribution is -2.12. The molecule has 1 N–H and O–H groups in total. The fraction of sp³-hybridized carbons (Fsp3) is 0.818. The molecule has 3 rings (SSSR count). The molecule has 6 heteroatoms. The lowest BCUT2D eigenvalue weighted by Gasteiger charge is -2.17. The van der Waals surface area contributed by atoms with Crippen molar-refractivity contribution >= 4 is 23.5 Å². The van der Waals surface area contributed by atoms with Crippen molar-refractivity contribution in [2.75, 3.05) is 17.3 Å². The summed E-state index contributed by atoms with van der Waals surface area (Å²) in [7, 11) is 0. The first-order chi connectivity index (χ1) is 8.34. The van der Waals surface area contributed by atoms with Gasteiger partial charge in [-0.1, -0.05) is 5.16 Å². The van der Waals surface area contributed by atoms with Gasteiger partial charge in [0.1, 0.15) is 0 Å². The van der Waals surface area contributed by atoms with E-state index in [1.54, 1.807) is 0 Å². The van der Waals surface area contributed by atoms with Crippen LogP contribution in [0.3, 0.4) is 0 Å². The van der Waals surface area contributed by atoms with Crippen molar-refractivity contribution < 1.29 is 9.63 Å². The predicted octanol–water partition coefficient (Wildman–Crippen LogP) is 2.22. The number of rotatable bonds is 2. The Hall–Kier alpha value is -0.200. The molecule has 1 saturated carbocycles. The summed E-state index contributed by atoms with van der Waals surface area (Å²) in [5.74, 6) is 4.96. The second kappa shape index (κ2) is 5.20. The van der Waals surface area contributed by atoms with Gasteiger partial charge in [-0.15, -0.1) is 11.8 Å². The van der Waals surface area contributed by atoms with Gasteiger partial charge in [0.25, 0.3) is 0 Å². The van der Waals surface area contributed by atoms with Gasteiger partial charge < -0.3 is 9.63 Å². The average Bonchev–Trinajstić information content (AvgIpc) is 2.98. The Morgan fingerprint density at radius 3 is 2.94 bits per heavy atom. The van der Waals surface area contributed by atoms with Crippen LogP contribution in [0.25, 0.3) is 0 Å². The molecule has 17 heavy (non-hydrogen) atoms. The van der Waals surface area contributed by atoms with Crippen LogP contribution in [0, 0.1) is 0 Å². The fourth-order valence-corrected chi connectivity index (χ4v) is 4.98. The van der Waals surface area contributed by atoms with Crippen LogP contribution in [-0.4, -0.2) is 38.6 Å². The summed E-state index contributed by atoms with van der Waals surface area (Å²) in [6.07, 6.45) is 2.58. The lowest BCUT2D eigenvalue weighted by molar-refractivity contribution is 0.148. The molecule has 0 radical (unpaired) electrons. The number of aliphatic hydroxyl groups excluding tert-OH is 1. The third-order valence-corrected chi connectivity index (χ3v) is 6.11. The number of nitrogens with zero attached hydrogens (tertiary/aromatic N) is 2. The van der Waals surface area contributed by atoms with E-state index in [-0.39, 0.29) is 12.0 Å². The van der Waals surface area contributed by atoms with E-state index in [0.717, 1.165) is 36.6 Å². The first kappa shape index (κ1) is 11.9. The smallest absolute Gasteiger partial charge is 0.232 e. The Bertz CT molecular complexity index is 379. The van der Waals surface area contributed by atoms with Crippen molar-refractivity contribution in [3.8, 4) is 0 Å². The van der Waals surface area contributed by atoms with Gasteiger partial charge in [0.15, 0.2) is 5.82 Å². The van der Waals surface area contributed by atoms with E-state index in [2.05, 4.69) is 10.1 Å². The van der Waals surface area contributed by atoms with E-state index in [9.17, 15) is 5.11 Å². The zero-order valence-corrected chi connectivity index (χ0v) is 11.2. The monoisotopic (exact) mass is 272 g/mol. The molecule has 0 amide bonds. The molecule has 1 aromatic rings. The molecule has 2 aliphatic rings. The summed E-state index contributed by atoms with van der Waals surface area (Å²) < 4.78 is 5.33. The van der Waals surface area contributed by atoms with Gasteiger partial charge in [-0.25, -0.2) is 0 Å². The number of aromatic nitrogens is 2. The summed E-state index contributed by atoms with van der Waals surface area (Å²) in [6, 6.07) is 0. The molecule has 4 nitrogen and oxygen atoms in total. The summed E-state index contributed by atoms with van der Waals surface area (Å²) in [4.78, 5) is 4.49. The Labute approximate surface area is 109 Å². The van der Waals surface area contributed by atoms with Crippen molar-refractivity contribution in [2.24, 2.45) is 0 Å². The van der Waals surface area contributed by atoms with E-state index in [0.29, 0.717) is 11.1 Å². The minimum atomic E-state index is -0.295. The highest BCUT2D eigenvalue weighted by Gasteiger charge is 2.32.